The SMILES string of the molecule is C=CCc1cc(/C=C2\SC(=O)N(Cc3ccc(Br)cc3)C2=O)cc(OC)c1OCc1ccccc1C#N. The van der Waals surface area contributed by atoms with Gasteiger partial charge in [-0.05, 0) is 65.7 Å². The molecule has 0 saturated carbocycles. The van der Waals surface area contributed by atoms with Crippen LogP contribution in [0, 0.1) is 11.3 Å². The molecule has 0 N–H and O–H groups in total. The fourth-order valence-electron chi connectivity index (χ4n) is 3.85. The fraction of sp³-hybridized carbons (Fsp3) is 0.138. The Kier molecular flexibility index (Phi) is 8.49. The molecular formula is C29H23BrN2O4S. The van der Waals surface area contributed by atoms with Gasteiger partial charge in [-0.3, -0.25) is 14.5 Å². The van der Waals surface area contributed by atoms with E-state index in [1.165, 1.54) is 4.90 Å². The number of nitriles is 1. The number of hydrogen-bond acceptors (Lipinski definition) is 6. The molecule has 6 nitrogen and oxygen atoms in total. The second-order valence-corrected chi connectivity index (χ2v) is 10.1. The Morgan fingerprint density at radius 1 is 1.11 bits per heavy atom. The third-order valence-electron chi connectivity index (χ3n) is 5.67. The van der Waals surface area contributed by atoms with Crippen LogP contribution in [0.1, 0.15) is 27.8 Å². The summed E-state index contributed by atoms with van der Waals surface area (Å²) in [6.45, 7) is 4.24. The van der Waals surface area contributed by atoms with Gasteiger partial charge in [-0.25, -0.2) is 0 Å². The normalized spacial score (nSPS) is 14.1. The van der Waals surface area contributed by atoms with Crippen molar-refractivity contribution in [3.63, 3.8) is 0 Å². The maximum Gasteiger partial charge on any atom is 0.293 e. The second kappa shape index (κ2) is 12.0. The lowest BCUT2D eigenvalue weighted by Gasteiger charge is -2.16. The van der Waals surface area contributed by atoms with Crippen molar-refractivity contribution in [2.75, 3.05) is 7.11 Å². The number of amides is 2. The van der Waals surface area contributed by atoms with Crippen LogP contribution < -0.4 is 9.47 Å². The Bertz CT molecular complexity index is 1430. The van der Waals surface area contributed by atoms with E-state index in [9.17, 15) is 14.9 Å². The van der Waals surface area contributed by atoms with Crippen LogP contribution in [-0.2, 0) is 24.4 Å². The van der Waals surface area contributed by atoms with Gasteiger partial charge in [0, 0.05) is 15.6 Å². The summed E-state index contributed by atoms with van der Waals surface area (Å²) >= 11 is 4.31. The van der Waals surface area contributed by atoms with E-state index in [0.717, 1.165) is 32.9 Å². The highest BCUT2D eigenvalue weighted by Crippen LogP contribution is 2.38. The van der Waals surface area contributed by atoms with Crippen molar-refractivity contribution in [1.82, 2.24) is 4.90 Å². The minimum Gasteiger partial charge on any atom is -0.493 e. The third kappa shape index (κ3) is 6.13. The Balaban J connectivity index is 1.60. The van der Waals surface area contributed by atoms with Crippen molar-refractivity contribution in [3.05, 3.63) is 111 Å². The lowest BCUT2D eigenvalue weighted by molar-refractivity contribution is -0.123. The van der Waals surface area contributed by atoms with E-state index in [1.54, 1.807) is 37.5 Å². The zero-order valence-corrected chi connectivity index (χ0v) is 22.5. The summed E-state index contributed by atoms with van der Waals surface area (Å²) in [6.07, 6.45) is 3.94. The maximum atomic E-state index is 13.1. The number of rotatable bonds is 9. The third-order valence-corrected chi connectivity index (χ3v) is 7.11. The first-order valence-electron chi connectivity index (χ1n) is 11.4. The van der Waals surface area contributed by atoms with Crippen LogP contribution in [0.15, 0.2) is 82.7 Å². The number of thioether (sulfide) groups is 1. The van der Waals surface area contributed by atoms with Gasteiger partial charge < -0.3 is 9.47 Å². The molecule has 0 spiro atoms. The zero-order chi connectivity index (χ0) is 26.4. The molecule has 0 unspecified atom stereocenters. The molecule has 0 aliphatic carbocycles. The van der Waals surface area contributed by atoms with Crippen LogP contribution >= 0.6 is 27.7 Å². The molecule has 8 heteroatoms. The molecule has 1 heterocycles. The van der Waals surface area contributed by atoms with E-state index in [0.29, 0.717) is 34.0 Å². The van der Waals surface area contributed by atoms with Gasteiger partial charge in [0.15, 0.2) is 11.5 Å². The highest BCUT2D eigenvalue weighted by molar-refractivity contribution is 9.10. The van der Waals surface area contributed by atoms with Gasteiger partial charge in [0.05, 0.1) is 30.2 Å². The van der Waals surface area contributed by atoms with Crippen LogP contribution in [0.5, 0.6) is 11.5 Å². The molecule has 0 atom stereocenters. The lowest BCUT2D eigenvalue weighted by Crippen LogP contribution is -2.27. The first-order valence-corrected chi connectivity index (χ1v) is 13.0. The van der Waals surface area contributed by atoms with E-state index < -0.39 is 0 Å². The van der Waals surface area contributed by atoms with Gasteiger partial charge in [-0.2, -0.15) is 5.26 Å². The molecular weight excluding hydrogens is 552 g/mol. The highest BCUT2D eigenvalue weighted by atomic mass is 79.9. The Morgan fingerprint density at radius 2 is 1.86 bits per heavy atom. The zero-order valence-electron chi connectivity index (χ0n) is 20.1. The quantitative estimate of drug-likeness (QED) is 0.205. The molecule has 0 radical (unpaired) electrons. The molecule has 1 saturated heterocycles. The molecule has 0 aromatic heterocycles. The molecule has 3 aromatic rings. The summed E-state index contributed by atoms with van der Waals surface area (Å²) in [7, 11) is 1.54. The average Bonchev–Trinajstić information content (AvgIpc) is 3.16. The first kappa shape index (κ1) is 26.3. The van der Waals surface area contributed by atoms with Gasteiger partial charge in [0.25, 0.3) is 11.1 Å². The number of carbonyl (C=O) groups excluding carboxylic acids is 2. The molecule has 1 aliphatic heterocycles. The van der Waals surface area contributed by atoms with E-state index in [1.807, 2.05) is 42.5 Å². The van der Waals surface area contributed by atoms with E-state index in [4.69, 9.17) is 9.47 Å². The summed E-state index contributed by atoms with van der Waals surface area (Å²) < 4.78 is 12.7. The van der Waals surface area contributed by atoms with Crippen molar-refractivity contribution in [2.24, 2.45) is 0 Å². The summed E-state index contributed by atoms with van der Waals surface area (Å²) in [6, 6.07) is 20.6. The Labute approximate surface area is 228 Å². The number of imide groups is 1. The average molecular weight is 575 g/mol. The second-order valence-electron chi connectivity index (χ2n) is 8.16. The monoisotopic (exact) mass is 574 g/mol. The van der Waals surface area contributed by atoms with Gasteiger partial charge in [-0.1, -0.05) is 52.3 Å². The number of halogens is 1. The smallest absolute Gasteiger partial charge is 0.293 e. The van der Waals surface area contributed by atoms with Crippen LogP contribution in [0.4, 0.5) is 4.79 Å². The van der Waals surface area contributed by atoms with Crippen molar-refractivity contribution < 1.29 is 19.1 Å². The van der Waals surface area contributed by atoms with E-state index in [2.05, 4.69) is 28.6 Å². The summed E-state index contributed by atoms with van der Waals surface area (Å²) in [4.78, 5) is 27.2. The van der Waals surface area contributed by atoms with E-state index in [-0.39, 0.29) is 24.3 Å². The molecule has 1 aliphatic rings. The Morgan fingerprint density at radius 3 is 2.57 bits per heavy atom. The molecule has 37 heavy (non-hydrogen) atoms. The molecule has 0 bridgehead atoms. The number of ether oxygens (including phenoxy) is 2. The molecule has 3 aromatic carbocycles. The highest BCUT2D eigenvalue weighted by Gasteiger charge is 2.35. The van der Waals surface area contributed by atoms with Crippen LogP contribution in [0.3, 0.4) is 0 Å². The van der Waals surface area contributed by atoms with Crippen LogP contribution in [0.2, 0.25) is 0 Å². The number of benzene rings is 3. The van der Waals surface area contributed by atoms with Gasteiger partial charge in [0.2, 0.25) is 0 Å². The molecule has 186 valence electrons. The first-order chi connectivity index (χ1) is 17.9. The van der Waals surface area contributed by atoms with Crippen molar-refractivity contribution in [3.8, 4) is 17.6 Å². The van der Waals surface area contributed by atoms with Crippen LogP contribution in [-0.4, -0.2) is 23.2 Å². The van der Waals surface area contributed by atoms with Gasteiger partial charge in [-0.15, -0.1) is 6.58 Å². The number of allylic oxidation sites excluding steroid dienone is 1. The largest absolute Gasteiger partial charge is 0.493 e. The standard InChI is InChI=1S/C29H23BrN2O4S/c1-3-6-21-13-20(14-25(35-2)27(21)36-18-23-8-5-4-7-22(23)16-31)15-26-28(33)32(29(34)37-26)17-19-9-11-24(30)12-10-19/h3-5,7-15H,1,6,17-18H2,2H3/b26-15-. The number of methoxy groups -OCH3 is 1. The lowest BCUT2D eigenvalue weighted by atomic mass is 10.0. The molecule has 4 rings (SSSR count). The van der Waals surface area contributed by atoms with Crippen molar-refractivity contribution in [2.45, 2.75) is 19.6 Å². The van der Waals surface area contributed by atoms with Crippen LogP contribution in [0.25, 0.3) is 6.08 Å². The summed E-state index contributed by atoms with van der Waals surface area (Å²) in [5, 5.41) is 9.06. The molecule has 1 fully saturated rings. The number of nitrogens with zero attached hydrogens (tertiary/aromatic N) is 2. The predicted molar refractivity (Wildman–Crippen MR) is 148 cm³/mol. The van der Waals surface area contributed by atoms with Gasteiger partial charge >= 0.3 is 0 Å². The summed E-state index contributed by atoms with van der Waals surface area (Å²) in [5.41, 5.74) is 3.68. The number of carbonyl (C=O) groups is 2. The van der Waals surface area contributed by atoms with Crippen molar-refractivity contribution in [1.29, 1.82) is 5.26 Å². The minimum atomic E-state index is -0.337. The Hall–Kier alpha value is -3.80. The predicted octanol–water partition coefficient (Wildman–Crippen LogP) is 6.87. The van der Waals surface area contributed by atoms with Gasteiger partial charge in [0.1, 0.15) is 6.61 Å². The number of hydrogen-bond donors (Lipinski definition) is 0. The molecule has 2 amide bonds. The maximum absolute atomic E-state index is 13.1. The fourth-order valence-corrected chi connectivity index (χ4v) is 4.96. The minimum absolute atomic E-state index is 0.193. The topological polar surface area (TPSA) is 79.6 Å². The summed E-state index contributed by atoms with van der Waals surface area (Å²) in [5.74, 6) is 0.681. The van der Waals surface area contributed by atoms with Crippen molar-refractivity contribution >= 4 is 44.9 Å². The van der Waals surface area contributed by atoms with E-state index >= 15 is 0 Å².